The first-order valence-corrected chi connectivity index (χ1v) is 4.66. The highest BCUT2D eigenvalue weighted by molar-refractivity contribution is 5.50. The first kappa shape index (κ1) is 9.50. The fourth-order valence-electron chi connectivity index (χ4n) is 1.98. The Labute approximate surface area is 74.9 Å². The van der Waals surface area contributed by atoms with Gasteiger partial charge in [0.1, 0.15) is 6.29 Å². The summed E-state index contributed by atoms with van der Waals surface area (Å²) in [5, 5.41) is 0. The van der Waals surface area contributed by atoms with E-state index in [4.69, 9.17) is 0 Å². The lowest BCUT2D eigenvalue weighted by atomic mass is 9.69. The first-order chi connectivity index (χ1) is 5.55. The molecule has 68 valence electrons. The van der Waals surface area contributed by atoms with Crippen LogP contribution in [0.3, 0.4) is 0 Å². The van der Waals surface area contributed by atoms with Gasteiger partial charge in [0.2, 0.25) is 0 Å². The molecule has 1 aliphatic rings. The van der Waals surface area contributed by atoms with Crippen LogP contribution < -0.4 is 0 Å². The molecule has 0 aromatic heterocycles. The maximum Gasteiger partial charge on any atom is 0.120 e. The molecule has 0 radical (unpaired) electrons. The largest absolute Gasteiger partial charge is 0.303 e. The minimum Gasteiger partial charge on any atom is -0.303 e. The standard InChI is InChI=1S/C11H18O/c1-9-4-6-11(2,3)8-10(9)5-7-12/h7,10H,1,4-6,8H2,2-3H3. The van der Waals surface area contributed by atoms with Gasteiger partial charge in [0.05, 0.1) is 0 Å². The fraction of sp³-hybridized carbons (Fsp3) is 0.727. The van der Waals surface area contributed by atoms with E-state index in [1.54, 1.807) is 0 Å². The second-order valence-electron chi connectivity index (χ2n) is 4.63. The zero-order chi connectivity index (χ0) is 9.19. The van der Waals surface area contributed by atoms with E-state index >= 15 is 0 Å². The smallest absolute Gasteiger partial charge is 0.120 e. The van der Waals surface area contributed by atoms with Crippen LogP contribution in [0, 0.1) is 11.3 Å². The summed E-state index contributed by atoms with van der Waals surface area (Å²) in [6, 6.07) is 0. The second kappa shape index (κ2) is 3.42. The molecular weight excluding hydrogens is 148 g/mol. The molecular formula is C11H18O. The van der Waals surface area contributed by atoms with Crippen molar-refractivity contribution in [1.82, 2.24) is 0 Å². The molecule has 0 amide bonds. The Balaban J connectivity index is 2.59. The summed E-state index contributed by atoms with van der Waals surface area (Å²) in [5.41, 5.74) is 1.69. The molecule has 0 bridgehead atoms. The summed E-state index contributed by atoms with van der Waals surface area (Å²) in [6.07, 6.45) is 5.15. The van der Waals surface area contributed by atoms with Gasteiger partial charge >= 0.3 is 0 Å². The van der Waals surface area contributed by atoms with Gasteiger partial charge in [-0.05, 0) is 30.6 Å². The van der Waals surface area contributed by atoms with Crippen molar-refractivity contribution in [3.05, 3.63) is 12.2 Å². The Kier molecular flexibility index (Phi) is 2.71. The van der Waals surface area contributed by atoms with E-state index < -0.39 is 0 Å². The van der Waals surface area contributed by atoms with Crippen LogP contribution in [0.15, 0.2) is 12.2 Å². The average Bonchev–Trinajstić information content (AvgIpc) is 1.97. The maximum absolute atomic E-state index is 10.4. The molecule has 0 N–H and O–H groups in total. The number of hydrogen-bond acceptors (Lipinski definition) is 1. The highest BCUT2D eigenvalue weighted by Gasteiger charge is 2.29. The number of carbonyl (C=O) groups excluding carboxylic acids is 1. The monoisotopic (exact) mass is 166 g/mol. The molecule has 0 spiro atoms. The van der Waals surface area contributed by atoms with E-state index in [0.717, 1.165) is 19.1 Å². The highest BCUT2D eigenvalue weighted by Crippen LogP contribution is 2.41. The van der Waals surface area contributed by atoms with Crippen molar-refractivity contribution >= 4 is 6.29 Å². The van der Waals surface area contributed by atoms with E-state index in [1.165, 1.54) is 12.0 Å². The molecule has 1 heteroatoms. The van der Waals surface area contributed by atoms with Crippen molar-refractivity contribution in [2.45, 2.75) is 39.5 Å². The molecule has 1 atom stereocenters. The summed E-state index contributed by atoms with van der Waals surface area (Å²) >= 11 is 0. The summed E-state index contributed by atoms with van der Waals surface area (Å²) in [5.74, 6) is 0.450. The zero-order valence-electron chi connectivity index (χ0n) is 8.10. The van der Waals surface area contributed by atoms with E-state index in [2.05, 4.69) is 20.4 Å². The van der Waals surface area contributed by atoms with Crippen molar-refractivity contribution in [3.63, 3.8) is 0 Å². The van der Waals surface area contributed by atoms with Crippen LogP contribution in [0.5, 0.6) is 0 Å². The Morgan fingerprint density at radius 2 is 2.33 bits per heavy atom. The lowest BCUT2D eigenvalue weighted by Crippen LogP contribution is -2.24. The fourth-order valence-corrected chi connectivity index (χ4v) is 1.98. The molecule has 1 nitrogen and oxygen atoms in total. The number of allylic oxidation sites excluding steroid dienone is 1. The molecule has 1 unspecified atom stereocenters. The summed E-state index contributed by atoms with van der Waals surface area (Å²) in [7, 11) is 0. The van der Waals surface area contributed by atoms with E-state index in [9.17, 15) is 4.79 Å². The number of carbonyl (C=O) groups is 1. The normalized spacial score (nSPS) is 28.5. The minimum absolute atomic E-state index is 0.412. The topological polar surface area (TPSA) is 17.1 Å². The lowest BCUT2D eigenvalue weighted by Gasteiger charge is -2.36. The molecule has 0 aromatic rings. The van der Waals surface area contributed by atoms with Gasteiger partial charge in [-0.2, -0.15) is 0 Å². The molecule has 0 aliphatic heterocycles. The number of hydrogen-bond donors (Lipinski definition) is 0. The van der Waals surface area contributed by atoms with Crippen molar-refractivity contribution in [3.8, 4) is 0 Å². The third-order valence-corrected chi connectivity index (χ3v) is 2.88. The molecule has 1 saturated carbocycles. The minimum atomic E-state index is 0.412. The van der Waals surface area contributed by atoms with Gasteiger partial charge < -0.3 is 4.79 Å². The number of rotatable bonds is 2. The van der Waals surface area contributed by atoms with Crippen LogP contribution in [0.1, 0.15) is 39.5 Å². The third-order valence-electron chi connectivity index (χ3n) is 2.88. The molecule has 1 aliphatic carbocycles. The van der Waals surface area contributed by atoms with Crippen molar-refractivity contribution in [2.75, 3.05) is 0 Å². The van der Waals surface area contributed by atoms with Gasteiger partial charge in [-0.1, -0.05) is 26.0 Å². The molecule has 1 fully saturated rings. The second-order valence-corrected chi connectivity index (χ2v) is 4.63. The maximum atomic E-state index is 10.4. The molecule has 0 heterocycles. The van der Waals surface area contributed by atoms with Crippen LogP contribution in [0.4, 0.5) is 0 Å². The highest BCUT2D eigenvalue weighted by atomic mass is 16.1. The average molecular weight is 166 g/mol. The van der Waals surface area contributed by atoms with Gasteiger partial charge in [0, 0.05) is 6.42 Å². The molecule has 1 rings (SSSR count). The van der Waals surface area contributed by atoms with Crippen LogP contribution in [0.25, 0.3) is 0 Å². The molecule has 12 heavy (non-hydrogen) atoms. The van der Waals surface area contributed by atoms with E-state index in [-0.39, 0.29) is 0 Å². The van der Waals surface area contributed by atoms with Crippen molar-refractivity contribution < 1.29 is 4.79 Å². The van der Waals surface area contributed by atoms with Gasteiger partial charge in [-0.3, -0.25) is 0 Å². The SMILES string of the molecule is C=C1CCC(C)(C)CC1CC=O. The van der Waals surface area contributed by atoms with Crippen LogP contribution >= 0.6 is 0 Å². The quantitative estimate of drug-likeness (QED) is 0.455. The van der Waals surface area contributed by atoms with Crippen molar-refractivity contribution in [1.29, 1.82) is 0 Å². The Morgan fingerprint density at radius 1 is 1.67 bits per heavy atom. The summed E-state index contributed by atoms with van der Waals surface area (Å²) in [6.45, 7) is 8.57. The van der Waals surface area contributed by atoms with Crippen LogP contribution in [-0.4, -0.2) is 6.29 Å². The van der Waals surface area contributed by atoms with Gasteiger partial charge in [0.15, 0.2) is 0 Å². The third kappa shape index (κ3) is 2.20. The number of aldehydes is 1. The van der Waals surface area contributed by atoms with Gasteiger partial charge in [0.25, 0.3) is 0 Å². The zero-order valence-corrected chi connectivity index (χ0v) is 8.10. The predicted molar refractivity (Wildman–Crippen MR) is 50.9 cm³/mol. The van der Waals surface area contributed by atoms with Crippen LogP contribution in [-0.2, 0) is 4.79 Å². The molecule has 0 aromatic carbocycles. The van der Waals surface area contributed by atoms with Crippen molar-refractivity contribution in [2.24, 2.45) is 11.3 Å². The first-order valence-electron chi connectivity index (χ1n) is 4.66. The Hall–Kier alpha value is -0.590. The predicted octanol–water partition coefficient (Wildman–Crippen LogP) is 2.96. The van der Waals surface area contributed by atoms with Crippen LogP contribution in [0.2, 0.25) is 0 Å². The Morgan fingerprint density at radius 3 is 2.92 bits per heavy atom. The molecule has 0 saturated heterocycles. The summed E-state index contributed by atoms with van der Waals surface area (Å²) in [4.78, 5) is 10.4. The van der Waals surface area contributed by atoms with E-state index in [1.807, 2.05) is 0 Å². The lowest BCUT2D eigenvalue weighted by molar-refractivity contribution is -0.108. The van der Waals surface area contributed by atoms with Gasteiger partial charge in [-0.25, -0.2) is 0 Å². The Bertz CT molecular complexity index is 191. The summed E-state index contributed by atoms with van der Waals surface area (Å²) < 4.78 is 0. The van der Waals surface area contributed by atoms with Gasteiger partial charge in [-0.15, -0.1) is 0 Å². The van der Waals surface area contributed by atoms with E-state index in [0.29, 0.717) is 17.8 Å².